The highest BCUT2D eigenvalue weighted by atomic mass is 79.9. The number of fused-ring (bicyclic) bond motifs is 1. The summed E-state index contributed by atoms with van der Waals surface area (Å²) in [6.07, 6.45) is 1.06. The van der Waals surface area contributed by atoms with Gasteiger partial charge in [-0.05, 0) is 36.8 Å². The van der Waals surface area contributed by atoms with E-state index in [4.69, 9.17) is 0 Å². The number of hydrogen-bond acceptors (Lipinski definition) is 2. The quantitative estimate of drug-likeness (QED) is 0.603. The van der Waals surface area contributed by atoms with Crippen molar-refractivity contribution in [3.05, 3.63) is 52.5 Å². The lowest BCUT2D eigenvalue weighted by Crippen LogP contribution is -2.35. The minimum Gasteiger partial charge on any atom is -0.508 e. The number of nitrogens with one attached hydrogen (secondary N) is 2. The second-order valence-electron chi connectivity index (χ2n) is 5.27. The van der Waals surface area contributed by atoms with Crippen molar-refractivity contribution < 1.29 is 9.67 Å². The number of para-hydroxylation sites is 2. The van der Waals surface area contributed by atoms with Crippen LogP contribution in [0.2, 0.25) is 0 Å². The van der Waals surface area contributed by atoms with Gasteiger partial charge >= 0.3 is 5.95 Å². The first-order valence-electron chi connectivity index (χ1n) is 7.41. The van der Waals surface area contributed by atoms with E-state index in [2.05, 4.69) is 49.9 Å². The Bertz CT molecular complexity index is 798. The fourth-order valence-corrected chi connectivity index (χ4v) is 3.01. The maximum atomic E-state index is 9.95. The Labute approximate surface area is 137 Å². The number of phenolic OH excluding ortho intramolecular Hbond substituents is 1. The van der Waals surface area contributed by atoms with Gasteiger partial charge in [-0.3, -0.25) is 5.32 Å². The highest BCUT2D eigenvalue weighted by Gasteiger charge is 2.16. The van der Waals surface area contributed by atoms with Gasteiger partial charge < -0.3 is 5.11 Å². The lowest BCUT2D eigenvalue weighted by molar-refractivity contribution is -0.657. The highest BCUT2D eigenvalue weighted by molar-refractivity contribution is 9.10. The molecule has 0 spiro atoms. The van der Waals surface area contributed by atoms with E-state index in [0.29, 0.717) is 12.3 Å². The fraction of sp³-hybridized carbons (Fsp3) is 0.235. The standard InChI is InChI=1S/C17H18BrN3O/c1-2-9-21-15-6-4-3-5-14(15)20-17(21)19-11-12-10-13(18)7-8-16(12)22/h3-8,10H,2,9,11H2,1H3,(H2,19,20,22)/p+1. The predicted octanol–water partition coefficient (Wildman–Crippen LogP) is 3.95. The number of hydrogen-bond donors (Lipinski definition) is 3. The Morgan fingerprint density at radius 3 is 2.86 bits per heavy atom. The van der Waals surface area contributed by atoms with Crippen molar-refractivity contribution in [2.45, 2.75) is 26.4 Å². The summed E-state index contributed by atoms with van der Waals surface area (Å²) in [6.45, 7) is 3.66. The summed E-state index contributed by atoms with van der Waals surface area (Å²) >= 11 is 3.44. The fourth-order valence-electron chi connectivity index (χ4n) is 2.60. The molecule has 0 aliphatic rings. The highest BCUT2D eigenvalue weighted by Crippen LogP contribution is 2.22. The van der Waals surface area contributed by atoms with Crippen LogP contribution in [-0.4, -0.2) is 10.1 Å². The van der Waals surface area contributed by atoms with Gasteiger partial charge in [0.1, 0.15) is 16.8 Å². The van der Waals surface area contributed by atoms with E-state index in [9.17, 15) is 5.11 Å². The van der Waals surface area contributed by atoms with Crippen molar-refractivity contribution in [2.24, 2.45) is 0 Å². The first-order valence-corrected chi connectivity index (χ1v) is 8.20. The van der Waals surface area contributed by atoms with E-state index in [-0.39, 0.29) is 0 Å². The monoisotopic (exact) mass is 360 g/mol. The topological polar surface area (TPSA) is 51.9 Å². The molecule has 4 nitrogen and oxygen atoms in total. The molecule has 0 bridgehead atoms. The van der Waals surface area contributed by atoms with E-state index in [1.807, 2.05) is 24.3 Å². The van der Waals surface area contributed by atoms with Crippen LogP contribution in [0, 0.1) is 0 Å². The van der Waals surface area contributed by atoms with Gasteiger partial charge in [0.25, 0.3) is 0 Å². The Morgan fingerprint density at radius 1 is 1.23 bits per heavy atom. The van der Waals surface area contributed by atoms with Gasteiger partial charge in [-0.2, -0.15) is 0 Å². The molecule has 3 N–H and O–H groups in total. The second kappa shape index (κ2) is 6.40. The van der Waals surface area contributed by atoms with Gasteiger partial charge in [0.05, 0.1) is 13.1 Å². The number of benzene rings is 2. The number of rotatable bonds is 5. The molecule has 0 aliphatic carbocycles. The Kier molecular flexibility index (Phi) is 4.34. The summed E-state index contributed by atoms with van der Waals surface area (Å²) in [5.74, 6) is 1.26. The molecule has 5 heteroatoms. The minimum atomic E-state index is 0.300. The summed E-state index contributed by atoms with van der Waals surface area (Å²) in [6, 6.07) is 13.7. The molecular formula is C17H19BrN3O+. The van der Waals surface area contributed by atoms with E-state index < -0.39 is 0 Å². The van der Waals surface area contributed by atoms with Gasteiger partial charge in [-0.15, -0.1) is 0 Å². The van der Waals surface area contributed by atoms with Gasteiger partial charge in [0, 0.05) is 10.0 Å². The normalized spacial score (nSPS) is 11.0. The molecule has 1 heterocycles. The van der Waals surface area contributed by atoms with Gasteiger partial charge in [-0.1, -0.05) is 35.0 Å². The number of anilines is 1. The smallest absolute Gasteiger partial charge is 0.356 e. The van der Waals surface area contributed by atoms with E-state index in [0.717, 1.165) is 34.5 Å². The van der Waals surface area contributed by atoms with Crippen LogP contribution in [0.15, 0.2) is 46.9 Å². The van der Waals surface area contributed by atoms with E-state index >= 15 is 0 Å². The molecule has 2 aromatic carbocycles. The number of aromatic nitrogens is 2. The number of halogens is 1. The lowest BCUT2D eigenvalue weighted by atomic mass is 10.2. The van der Waals surface area contributed by atoms with Crippen molar-refractivity contribution in [3.63, 3.8) is 0 Å². The van der Waals surface area contributed by atoms with Crippen LogP contribution in [0.25, 0.3) is 11.0 Å². The molecule has 114 valence electrons. The van der Waals surface area contributed by atoms with Crippen LogP contribution in [0.1, 0.15) is 18.9 Å². The molecule has 0 unspecified atom stereocenters. The SMILES string of the molecule is CCC[n+]1c(NCc2cc(Br)ccc2O)[nH]c2ccccc21. The molecule has 3 rings (SSSR count). The molecule has 3 aromatic rings. The number of aromatic amines is 1. The van der Waals surface area contributed by atoms with Crippen LogP contribution < -0.4 is 9.88 Å². The summed E-state index contributed by atoms with van der Waals surface area (Å²) in [5.41, 5.74) is 3.15. The molecule has 0 radical (unpaired) electrons. The zero-order chi connectivity index (χ0) is 15.5. The third-order valence-corrected chi connectivity index (χ3v) is 4.15. The summed E-state index contributed by atoms with van der Waals surface area (Å²) in [4.78, 5) is 3.41. The second-order valence-corrected chi connectivity index (χ2v) is 6.18. The summed E-state index contributed by atoms with van der Waals surface area (Å²) in [5, 5.41) is 13.3. The summed E-state index contributed by atoms with van der Waals surface area (Å²) in [7, 11) is 0. The van der Waals surface area contributed by atoms with Crippen LogP contribution in [-0.2, 0) is 13.1 Å². The average molecular weight is 361 g/mol. The number of phenols is 1. The van der Waals surface area contributed by atoms with Crippen LogP contribution in [0.3, 0.4) is 0 Å². The third-order valence-electron chi connectivity index (χ3n) is 3.65. The van der Waals surface area contributed by atoms with Gasteiger partial charge in [0.2, 0.25) is 0 Å². The Morgan fingerprint density at radius 2 is 2.05 bits per heavy atom. The number of aryl methyl sites for hydroxylation is 1. The number of aromatic hydroxyl groups is 1. The average Bonchev–Trinajstić information content (AvgIpc) is 2.87. The first-order chi connectivity index (χ1) is 10.7. The predicted molar refractivity (Wildman–Crippen MR) is 91.9 cm³/mol. The molecule has 0 fully saturated rings. The molecule has 0 aliphatic heterocycles. The van der Waals surface area contributed by atoms with Crippen molar-refractivity contribution in [3.8, 4) is 5.75 Å². The van der Waals surface area contributed by atoms with E-state index in [1.54, 1.807) is 6.07 Å². The Hall–Kier alpha value is -2.01. The van der Waals surface area contributed by atoms with Crippen LogP contribution in [0.4, 0.5) is 5.95 Å². The van der Waals surface area contributed by atoms with Crippen LogP contribution >= 0.6 is 15.9 Å². The first kappa shape index (κ1) is 14.9. The summed E-state index contributed by atoms with van der Waals surface area (Å²) < 4.78 is 3.20. The molecule has 22 heavy (non-hydrogen) atoms. The van der Waals surface area contributed by atoms with Crippen molar-refractivity contribution in [2.75, 3.05) is 5.32 Å². The lowest BCUT2D eigenvalue weighted by Gasteiger charge is -2.05. The van der Waals surface area contributed by atoms with Crippen LogP contribution in [0.5, 0.6) is 5.75 Å². The number of H-pyrrole nitrogens is 1. The molecule has 0 saturated heterocycles. The molecule has 0 amide bonds. The van der Waals surface area contributed by atoms with Crippen molar-refractivity contribution in [1.29, 1.82) is 0 Å². The maximum Gasteiger partial charge on any atom is 0.356 e. The zero-order valence-electron chi connectivity index (χ0n) is 12.4. The minimum absolute atomic E-state index is 0.300. The number of nitrogens with zero attached hydrogens (tertiary/aromatic N) is 1. The van der Waals surface area contributed by atoms with Crippen molar-refractivity contribution >= 4 is 32.9 Å². The van der Waals surface area contributed by atoms with E-state index in [1.165, 1.54) is 5.52 Å². The Balaban J connectivity index is 1.90. The third kappa shape index (κ3) is 2.95. The van der Waals surface area contributed by atoms with Crippen molar-refractivity contribution in [1.82, 2.24) is 4.98 Å². The van der Waals surface area contributed by atoms with Gasteiger partial charge in [-0.25, -0.2) is 9.55 Å². The van der Waals surface area contributed by atoms with Gasteiger partial charge in [0.15, 0.2) is 0 Å². The maximum absolute atomic E-state index is 9.95. The molecule has 0 saturated carbocycles. The molecular weight excluding hydrogens is 342 g/mol. The zero-order valence-corrected chi connectivity index (χ0v) is 14.0. The molecule has 1 aromatic heterocycles. The molecule has 0 atom stereocenters. The number of imidazole rings is 1. The largest absolute Gasteiger partial charge is 0.508 e.